The number of fused-ring (bicyclic) bond motifs is 1. The summed E-state index contributed by atoms with van der Waals surface area (Å²) in [6.07, 6.45) is 1.67. The number of nitrogens with one attached hydrogen (secondary N) is 2. The molecule has 0 aliphatic rings. The molecule has 0 spiro atoms. The number of aromatic nitrogens is 1. The number of amides is 2. The van der Waals surface area contributed by atoms with E-state index in [-0.39, 0.29) is 0 Å². The summed E-state index contributed by atoms with van der Waals surface area (Å²) < 4.78 is 4.79. The molecule has 20 heavy (non-hydrogen) atoms. The number of pyridine rings is 1. The summed E-state index contributed by atoms with van der Waals surface area (Å²) in [6.45, 7) is 0.650. The van der Waals surface area contributed by atoms with E-state index in [1.807, 2.05) is 12.1 Å². The summed E-state index contributed by atoms with van der Waals surface area (Å²) in [4.78, 5) is 27.5. The minimum absolute atomic E-state index is 0.292. The van der Waals surface area contributed by atoms with Crippen LogP contribution < -0.4 is 10.6 Å². The molecular weight excluding hydrogens is 258 g/mol. The van der Waals surface area contributed by atoms with Gasteiger partial charge >= 0.3 is 11.8 Å². The molecule has 2 amide bonds. The smallest absolute Gasteiger partial charge is 0.313 e. The lowest BCUT2D eigenvalue weighted by atomic mass is 10.2. The van der Waals surface area contributed by atoms with Gasteiger partial charge < -0.3 is 15.4 Å². The van der Waals surface area contributed by atoms with Crippen LogP contribution in [0.1, 0.15) is 0 Å². The van der Waals surface area contributed by atoms with Crippen molar-refractivity contribution in [2.75, 3.05) is 25.6 Å². The number of hydrogen-bond acceptors (Lipinski definition) is 4. The summed E-state index contributed by atoms with van der Waals surface area (Å²) in [5.74, 6) is -1.40. The van der Waals surface area contributed by atoms with Crippen molar-refractivity contribution in [2.24, 2.45) is 0 Å². The number of hydrogen-bond donors (Lipinski definition) is 2. The molecule has 6 nitrogen and oxygen atoms in total. The molecule has 1 aromatic heterocycles. The Kier molecular flexibility index (Phi) is 4.62. The zero-order valence-corrected chi connectivity index (χ0v) is 11.1. The van der Waals surface area contributed by atoms with Crippen LogP contribution in [0.4, 0.5) is 5.69 Å². The van der Waals surface area contributed by atoms with Gasteiger partial charge in [-0.1, -0.05) is 6.07 Å². The first-order chi connectivity index (χ1) is 9.72. The summed E-state index contributed by atoms with van der Waals surface area (Å²) in [7, 11) is 1.52. The van der Waals surface area contributed by atoms with Crippen LogP contribution in [0.25, 0.3) is 10.9 Å². The highest BCUT2D eigenvalue weighted by molar-refractivity contribution is 6.40. The number of nitrogens with zero attached hydrogens (tertiary/aromatic N) is 1. The fourth-order valence-corrected chi connectivity index (χ4v) is 1.74. The van der Waals surface area contributed by atoms with Crippen LogP contribution in [0.3, 0.4) is 0 Å². The molecule has 2 N–H and O–H groups in total. The zero-order valence-electron chi connectivity index (χ0n) is 11.1. The van der Waals surface area contributed by atoms with E-state index in [0.29, 0.717) is 18.8 Å². The second-order valence-corrected chi connectivity index (χ2v) is 4.08. The lowest BCUT2D eigenvalue weighted by molar-refractivity contribution is -0.136. The molecule has 104 valence electrons. The third kappa shape index (κ3) is 3.30. The quantitative estimate of drug-likeness (QED) is 0.641. The lowest BCUT2D eigenvalue weighted by Gasteiger charge is -2.08. The maximum Gasteiger partial charge on any atom is 0.313 e. The van der Waals surface area contributed by atoms with Crippen molar-refractivity contribution in [1.29, 1.82) is 0 Å². The Balaban J connectivity index is 2.08. The summed E-state index contributed by atoms with van der Waals surface area (Å²) >= 11 is 0. The van der Waals surface area contributed by atoms with Crippen molar-refractivity contribution < 1.29 is 14.3 Å². The van der Waals surface area contributed by atoms with Crippen molar-refractivity contribution in [3.8, 4) is 0 Å². The van der Waals surface area contributed by atoms with Crippen LogP contribution in [0, 0.1) is 0 Å². The first-order valence-corrected chi connectivity index (χ1v) is 6.14. The van der Waals surface area contributed by atoms with Crippen LogP contribution in [-0.4, -0.2) is 37.1 Å². The van der Waals surface area contributed by atoms with Gasteiger partial charge in [-0.05, 0) is 24.3 Å². The Hall–Kier alpha value is -2.47. The number of rotatable bonds is 4. The molecule has 0 radical (unpaired) electrons. The highest BCUT2D eigenvalue weighted by atomic mass is 16.5. The molecule has 0 bridgehead atoms. The van der Waals surface area contributed by atoms with E-state index in [1.165, 1.54) is 7.11 Å². The molecule has 2 rings (SSSR count). The average Bonchev–Trinajstić information content (AvgIpc) is 2.47. The predicted molar refractivity (Wildman–Crippen MR) is 75.3 cm³/mol. The number of anilines is 1. The molecule has 1 aromatic carbocycles. The Labute approximate surface area is 116 Å². The molecule has 0 atom stereocenters. The van der Waals surface area contributed by atoms with Gasteiger partial charge in [0, 0.05) is 25.2 Å². The fraction of sp³-hybridized carbons (Fsp3) is 0.214. The van der Waals surface area contributed by atoms with Crippen LogP contribution in [0.5, 0.6) is 0 Å². The third-order valence-corrected chi connectivity index (χ3v) is 2.69. The van der Waals surface area contributed by atoms with Gasteiger partial charge in [-0.3, -0.25) is 14.6 Å². The van der Waals surface area contributed by atoms with Crippen molar-refractivity contribution in [3.63, 3.8) is 0 Å². The van der Waals surface area contributed by atoms with Crippen LogP contribution in [0.15, 0.2) is 36.5 Å². The minimum atomic E-state index is -0.711. The summed E-state index contributed by atoms with van der Waals surface area (Å²) in [5, 5.41) is 5.83. The molecule has 2 aromatic rings. The summed E-state index contributed by atoms with van der Waals surface area (Å²) in [5.41, 5.74) is 1.31. The van der Waals surface area contributed by atoms with Crippen LogP contribution in [-0.2, 0) is 14.3 Å². The van der Waals surface area contributed by atoms with Gasteiger partial charge in [-0.25, -0.2) is 0 Å². The van der Waals surface area contributed by atoms with Gasteiger partial charge in [0.15, 0.2) is 0 Å². The summed E-state index contributed by atoms with van der Waals surface area (Å²) in [6, 6.07) is 8.94. The van der Waals surface area contributed by atoms with E-state index in [1.54, 1.807) is 24.4 Å². The number of benzene rings is 1. The molecule has 6 heteroatoms. The number of carbonyl (C=O) groups excluding carboxylic acids is 2. The lowest BCUT2D eigenvalue weighted by Crippen LogP contribution is -2.37. The van der Waals surface area contributed by atoms with Crippen molar-refractivity contribution >= 4 is 28.4 Å². The molecule has 0 saturated carbocycles. The Morgan fingerprint density at radius 1 is 1.20 bits per heavy atom. The number of carbonyl (C=O) groups is 2. The Morgan fingerprint density at radius 2 is 2.05 bits per heavy atom. The normalized spacial score (nSPS) is 10.2. The SMILES string of the molecule is COCCNC(=O)C(=O)Nc1cccc2ncccc12. The zero-order chi connectivity index (χ0) is 14.4. The van der Waals surface area contributed by atoms with Crippen molar-refractivity contribution in [2.45, 2.75) is 0 Å². The van der Waals surface area contributed by atoms with Crippen molar-refractivity contribution in [3.05, 3.63) is 36.5 Å². The average molecular weight is 273 g/mol. The van der Waals surface area contributed by atoms with Crippen LogP contribution >= 0.6 is 0 Å². The second-order valence-electron chi connectivity index (χ2n) is 4.08. The molecule has 1 heterocycles. The molecule has 0 saturated heterocycles. The second kappa shape index (κ2) is 6.63. The number of methoxy groups -OCH3 is 1. The van der Waals surface area contributed by atoms with Gasteiger partial charge in [0.25, 0.3) is 0 Å². The first-order valence-electron chi connectivity index (χ1n) is 6.14. The molecule has 0 aliphatic carbocycles. The topological polar surface area (TPSA) is 80.3 Å². The highest BCUT2D eigenvalue weighted by Crippen LogP contribution is 2.20. The van der Waals surface area contributed by atoms with Crippen molar-refractivity contribution in [1.82, 2.24) is 10.3 Å². The van der Waals surface area contributed by atoms with E-state index in [9.17, 15) is 9.59 Å². The predicted octanol–water partition coefficient (Wildman–Crippen LogP) is 0.936. The van der Waals surface area contributed by atoms with Gasteiger partial charge in [0.05, 0.1) is 17.8 Å². The van der Waals surface area contributed by atoms with Gasteiger partial charge in [0.2, 0.25) is 0 Å². The van der Waals surface area contributed by atoms with E-state index in [4.69, 9.17) is 4.74 Å². The maximum absolute atomic E-state index is 11.8. The van der Waals surface area contributed by atoms with E-state index < -0.39 is 11.8 Å². The molecule has 0 fully saturated rings. The largest absolute Gasteiger partial charge is 0.383 e. The number of ether oxygens (including phenoxy) is 1. The Morgan fingerprint density at radius 3 is 2.85 bits per heavy atom. The molecular formula is C14H15N3O3. The standard InChI is InChI=1S/C14H15N3O3/c1-20-9-8-16-13(18)14(19)17-12-6-2-5-11-10(12)4-3-7-15-11/h2-7H,8-9H2,1H3,(H,16,18)(H,17,19). The van der Waals surface area contributed by atoms with E-state index in [2.05, 4.69) is 15.6 Å². The van der Waals surface area contributed by atoms with Gasteiger partial charge in [-0.15, -0.1) is 0 Å². The highest BCUT2D eigenvalue weighted by Gasteiger charge is 2.14. The van der Waals surface area contributed by atoms with E-state index >= 15 is 0 Å². The Bertz CT molecular complexity index is 623. The fourth-order valence-electron chi connectivity index (χ4n) is 1.74. The third-order valence-electron chi connectivity index (χ3n) is 2.69. The minimum Gasteiger partial charge on any atom is -0.383 e. The molecule has 0 unspecified atom stereocenters. The van der Waals surface area contributed by atoms with Gasteiger partial charge in [-0.2, -0.15) is 0 Å². The van der Waals surface area contributed by atoms with Gasteiger partial charge in [0.1, 0.15) is 0 Å². The molecule has 0 aliphatic heterocycles. The van der Waals surface area contributed by atoms with E-state index in [0.717, 1.165) is 10.9 Å². The maximum atomic E-state index is 11.8. The van der Waals surface area contributed by atoms with Crippen LogP contribution in [0.2, 0.25) is 0 Å². The monoisotopic (exact) mass is 273 g/mol. The first kappa shape index (κ1) is 14.0.